The molecule has 2 aliphatic carbocycles. The largest absolute Gasteiger partial charge is 0.390 e. The van der Waals surface area contributed by atoms with Crippen LogP contribution in [0.3, 0.4) is 0 Å². The minimum atomic E-state index is -0.532. The molecule has 0 saturated carbocycles. The van der Waals surface area contributed by atoms with Crippen LogP contribution in [0.5, 0.6) is 0 Å². The van der Waals surface area contributed by atoms with E-state index in [0.29, 0.717) is 12.8 Å². The Kier molecular flexibility index (Phi) is 2.03. The van der Waals surface area contributed by atoms with Gasteiger partial charge in [-0.2, -0.15) is 0 Å². The van der Waals surface area contributed by atoms with Crippen LogP contribution in [0, 0.1) is 0 Å². The quantitative estimate of drug-likeness (QED) is 0.530. The van der Waals surface area contributed by atoms with E-state index in [2.05, 4.69) is 12.2 Å². The fraction of sp³-hybridized carbons (Fsp3) is 0.600. The molecule has 2 unspecified atom stereocenters. The molecule has 2 atom stereocenters. The SMILES string of the molecule is OC1CC2=C(CC=CC2)CC1O. The van der Waals surface area contributed by atoms with Crippen LogP contribution in [0.2, 0.25) is 0 Å². The molecule has 12 heavy (non-hydrogen) atoms. The Morgan fingerprint density at radius 3 is 1.75 bits per heavy atom. The zero-order valence-corrected chi connectivity index (χ0v) is 7.03. The molecular formula is C10H14O2. The highest BCUT2D eigenvalue weighted by atomic mass is 16.3. The highest BCUT2D eigenvalue weighted by molar-refractivity contribution is 5.28. The molecule has 0 aromatic rings. The summed E-state index contributed by atoms with van der Waals surface area (Å²) in [5, 5.41) is 18.8. The zero-order valence-electron chi connectivity index (χ0n) is 7.03. The van der Waals surface area contributed by atoms with Crippen molar-refractivity contribution in [3.05, 3.63) is 23.3 Å². The first kappa shape index (κ1) is 8.02. The summed E-state index contributed by atoms with van der Waals surface area (Å²) in [5.41, 5.74) is 2.69. The van der Waals surface area contributed by atoms with Crippen LogP contribution >= 0.6 is 0 Å². The van der Waals surface area contributed by atoms with Gasteiger partial charge in [0.25, 0.3) is 0 Å². The lowest BCUT2D eigenvalue weighted by molar-refractivity contribution is 0.0134. The summed E-state index contributed by atoms with van der Waals surface area (Å²) in [4.78, 5) is 0. The van der Waals surface area contributed by atoms with Gasteiger partial charge in [-0.25, -0.2) is 0 Å². The van der Waals surface area contributed by atoms with E-state index in [0.717, 1.165) is 12.8 Å². The van der Waals surface area contributed by atoms with Gasteiger partial charge in [0, 0.05) is 0 Å². The molecule has 2 nitrogen and oxygen atoms in total. The Bertz CT molecular complexity index is 216. The molecule has 2 rings (SSSR count). The minimum Gasteiger partial charge on any atom is -0.390 e. The van der Waals surface area contributed by atoms with E-state index in [1.54, 1.807) is 0 Å². The zero-order chi connectivity index (χ0) is 8.55. The molecule has 0 spiro atoms. The summed E-state index contributed by atoms with van der Waals surface area (Å²) in [7, 11) is 0. The molecule has 0 fully saturated rings. The monoisotopic (exact) mass is 166 g/mol. The van der Waals surface area contributed by atoms with Crippen molar-refractivity contribution in [3.63, 3.8) is 0 Å². The number of rotatable bonds is 0. The van der Waals surface area contributed by atoms with Gasteiger partial charge < -0.3 is 10.2 Å². The Hall–Kier alpha value is -0.600. The predicted octanol–water partition coefficient (Wildman–Crippen LogP) is 1.15. The number of aliphatic hydroxyl groups is 2. The third kappa shape index (κ3) is 1.32. The Balaban J connectivity index is 2.16. The van der Waals surface area contributed by atoms with Crippen molar-refractivity contribution in [2.45, 2.75) is 37.9 Å². The van der Waals surface area contributed by atoms with Crippen LogP contribution in [-0.4, -0.2) is 22.4 Å². The highest BCUT2D eigenvalue weighted by Gasteiger charge is 2.26. The molecule has 66 valence electrons. The molecule has 0 heterocycles. The van der Waals surface area contributed by atoms with Gasteiger partial charge in [0.15, 0.2) is 0 Å². The smallest absolute Gasteiger partial charge is 0.0839 e. The lowest BCUT2D eigenvalue weighted by Crippen LogP contribution is -2.31. The highest BCUT2D eigenvalue weighted by Crippen LogP contribution is 2.32. The van der Waals surface area contributed by atoms with Crippen molar-refractivity contribution in [3.8, 4) is 0 Å². The second-order valence-electron chi connectivity index (χ2n) is 3.63. The number of hydrogen-bond acceptors (Lipinski definition) is 2. The maximum Gasteiger partial charge on any atom is 0.0839 e. The molecule has 0 aromatic carbocycles. The van der Waals surface area contributed by atoms with E-state index in [1.165, 1.54) is 11.1 Å². The molecular weight excluding hydrogens is 152 g/mol. The summed E-state index contributed by atoms with van der Waals surface area (Å²) in [5.74, 6) is 0. The Labute approximate surface area is 72.2 Å². The second-order valence-corrected chi connectivity index (χ2v) is 3.63. The summed E-state index contributed by atoms with van der Waals surface area (Å²) in [6.45, 7) is 0. The van der Waals surface area contributed by atoms with Gasteiger partial charge in [-0.1, -0.05) is 23.3 Å². The van der Waals surface area contributed by atoms with E-state index >= 15 is 0 Å². The van der Waals surface area contributed by atoms with E-state index in [1.807, 2.05) is 0 Å². The van der Waals surface area contributed by atoms with Gasteiger partial charge in [-0.05, 0) is 25.7 Å². The Morgan fingerprint density at radius 1 is 0.917 bits per heavy atom. The lowest BCUT2D eigenvalue weighted by Gasteiger charge is -2.29. The van der Waals surface area contributed by atoms with Gasteiger partial charge >= 0.3 is 0 Å². The molecule has 2 aliphatic rings. The normalized spacial score (nSPS) is 35.2. The first-order valence-electron chi connectivity index (χ1n) is 4.48. The topological polar surface area (TPSA) is 40.5 Å². The van der Waals surface area contributed by atoms with Gasteiger partial charge in [0.1, 0.15) is 0 Å². The molecule has 2 N–H and O–H groups in total. The van der Waals surface area contributed by atoms with E-state index in [-0.39, 0.29) is 0 Å². The van der Waals surface area contributed by atoms with Gasteiger partial charge in [-0.3, -0.25) is 0 Å². The fourth-order valence-electron chi connectivity index (χ4n) is 1.97. The van der Waals surface area contributed by atoms with Gasteiger partial charge in [0.05, 0.1) is 12.2 Å². The summed E-state index contributed by atoms with van der Waals surface area (Å²) < 4.78 is 0. The van der Waals surface area contributed by atoms with E-state index in [4.69, 9.17) is 0 Å². The van der Waals surface area contributed by atoms with Crippen LogP contribution in [0.4, 0.5) is 0 Å². The van der Waals surface area contributed by atoms with Gasteiger partial charge in [-0.15, -0.1) is 0 Å². The molecule has 0 bridgehead atoms. The van der Waals surface area contributed by atoms with Crippen LogP contribution in [0.1, 0.15) is 25.7 Å². The maximum atomic E-state index is 9.41. The predicted molar refractivity (Wildman–Crippen MR) is 46.6 cm³/mol. The van der Waals surface area contributed by atoms with Crippen molar-refractivity contribution in [1.82, 2.24) is 0 Å². The first-order valence-corrected chi connectivity index (χ1v) is 4.48. The molecule has 0 amide bonds. The summed E-state index contributed by atoms with van der Waals surface area (Å²) in [6, 6.07) is 0. The number of aliphatic hydroxyl groups excluding tert-OH is 2. The maximum absolute atomic E-state index is 9.41. The molecule has 2 heteroatoms. The van der Waals surface area contributed by atoms with Crippen LogP contribution in [0.25, 0.3) is 0 Å². The molecule has 0 aliphatic heterocycles. The van der Waals surface area contributed by atoms with Crippen LogP contribution in [-0.2, 0) is 0 Å². The Morgan fingerprint density at radius 2 is 1.33 bits per heavy atom. The molecule has 0 aromatic heterocycles. The van der Waals surface area contributed by atoms with E-state index in [9.17, 15) is 10.2 Å². The minimum absolute atomic E-state index is 0.532. The molecule has 0 saturated heterocycles. The van der Waals surface area contributed by atoms with E-state index < -0.39 is 12.2 Å². The third-order valence-electron chi connectivity index (χ3n) is 2.75. The van der Waals surface area contributed by atoms with Crippen molar-refractivity contribution in [2.24, 2.45) is 0 Å². The lowest BCUT2D eigenvalue weighted by atomic mass is 9.82. The van der Waals surface area contributed by atoms with Crippen molar-refractivity contribution < 1.29 is 10.2 Å². The van der Waals surface area contributed by atoms with Crippen molar-refractivity contribution in [2.75, 3.05) is 0 Å². The average Bonchev–Trinajstić information content (AvgIpc) is 2.07. The van der Waals surface area contributed by atoms with Crippen molar-refractivity contribution in [1.29, 1.82) is 0 Å². The second kappa shape index (κ2) is 3.04. The van der Waals surface area contributed by atoms with Crippen LogP contribution in [0.15, 0.2) is 23.3 Å². The summed E-state index contributed by atoms with van der Waals surface area (Å²) >= 11 is 0. The number of allylic oxidation sites excluding steroid dienone is 2. The van der Waals surface area contributed by atoms with Gasteiger partial charge in [0.2, 0.25) is 0 Å². The first-order chi connectivity index (χ1) is 5.77. The standard InChI is InChI=1S/C10H14O2/c11-9-5-7-3-1-2-4-8(7)6-10(9)12/h1-2,9-12H,3-6H2. The molecule has 0 radical (unpaired) electrons. The van der Waals surface area contributed by atoms with Crippen molar-refractivity contribution >= 4 is 0 Å². The fourth-order valence-corrected chi connectivity index (χ4v) is 1.97. The average molecular weight is 166 g/mol. The summed E-state index contributed by atoms with van der Waals surface area (Å²) in [6.07, 6.45) is 6.50. The third-order valence-corrected chi connectivity index (χ3v) is 2.75. The number of hydrogen-bond donors (Lipinski definition) is 2. The van der Waals surface area contributed by atoms with Crippen LogP contribution < -0.4 is 0 Å².